The van der Waals surface area contributed by atoms with Crippen LogP contribution in [0, 0.1) is 5.92 Å². The Hall–Kier alpha value is -2.00. The number of carbonyl (C=O) groups excluding carboxylic acids is 1. The lowest BCUT2D eigenvalue weighted by Crippen LogP contribution is -2.36. The summed E-state index contributed by atoms with van der Waals surface area (Å²) in [6.45, 7) is 6.52. The van der Waals surface area contributed by atoms with Gasteiger partial charge in [0, 0.05) is 11.1 Å². The SMILES string of the molecule is CC(C)[C@H](C)NC(=O)c1cc(Cl)ccc1OCc1ccccc1. The first-order valence-corrected chi connectivity index (χ1v) is 8.12. The van der Waals surface area contributed by atoms with Crippen LogP contribution in [-0.4, -0.2) is 11.9 Å². The quantitative estimate of drug-likeness (QED) is 0.833. The molecule has 4 heteroatoms. The minimum absolute atomic E-state index is 0.0726. The Balaban J connectivity index is 2.15. The largest absolute Gasteiger partial charge is 0.488 e. The maximum atomic E-state index is 12.5. The van der Waals surface area contributed by atoms with Crippen molar-refractivity contribution in [3.8, 4) is 5.75 Å². The maximum absolute atomic E-state index is 12.5. The summed E-state index contributed by atoms with van der Waals surface area (Å²) < 4.78 is 5.82. The van der Waals surface area contributed by atoms with Crippen molar-refractivity contribution in [3.05, 3.63) is 64.7 Å². The van der Waals surface area contributed by atoms with Gasteiger partial charge in [0.1, 0.15) is 12.4 Å². The average molecular weight is 332 g/mol. The van der Waals surface area contributed by atoms with Gasteiger partial charge in [-0.25, -0.2) is 0 Å². The molecule has 2 aromatic carbocycles. The monoisotopic (exact) mass is 331 g/mol. The van der Waals surface area contributed by atoms with Gasteiger partial charge in [0.2, 0.25) is 0 Å². The number of hydrogen-bond acceptors (Lipinski definition) is 2. The summed E-state index contributed by atoms with van der Waals surface area (Å²) in [5.41, 5.74) is 1.50. The van der Waals surface area contributed by atoms with Crippen molar-refractivity contribution in [1.29, 1.82) is 0 Å². The van der Waals surface area contributed by atoms with Crippen LogP contribution in [0.3, 0.4) is 0 Å². The lowest BCUT2D eigenvalue weighted by molar-refractivity contribution is 0.0926. The molecule has 0 heterocycles. The third-order valence-electron chi connectivity index (χ3n) is 3.78. The number of carbonyl (C=O) groups is 1. The van der Waals surface area contributed by atoms with Crippen LogP contribution in [0.4, 0.5) is 0 Å². The predicted octanol–water partition coefficient (Wildman–Crippen LogP) is 4.69. The zero-order valence-electron chi connectivity index (χ0n) is 13.7. The van der Waals surface area contributed by atoms with Crippen LogP contribution in [0.1, 0.15) is 36.7 Å². The summed E-state index contributed by atoms with van der Waals surface area (Å²) >= 11 is 6.04. The van der Waals surface area contributed by atoms with E-state index in [2.05, 4.69) is 19.2 Å². The number of amides is 1. The summed E-state index contributed by atoms with van der Waals surface area (Å²) in [7, 11) is 0. The van der Waals surface area contributed by atoms with Crippen LogP contribution in [0.5, 0.6) is 5.75 Å². The van der Waals surface area contributed by atoms with E-state index in [1.165, 1.54) is 0 Å². The Morgan fingerprint density at radius 1 is 1.13 bits per heavy atom. The highest BCUT2D eigenvalue weighted by molar-refractivity contribution is 6.31. The molecule has 122 valence electrons. The fourth-order valence-electron chi connectivity index (χ4n) is 1.99. The fraction of sp³-hybridized carbons (Fsp3) is 0.316. The number of ether oxygens (including phenoxy) is 1. The molecule has 0 bridgehead atoms. The van der Waals surface area contributed by atoms with Crippen molar-refractivity contribution >= 4 is 17.5 Å². The molecule has 2 rings (SSSR count). The van der Waals surface area contributed by atoms with Crippen molar-refractivity contribution < 1.29 is 9.53 Å². The van der Waals surface area contributed by atoms with E-state index in [1.807, 2.05) is 37.3 Å². The molecule has 0 unspecified atom stereocenters. The first-order valence-electron chi connectivity index (χ1n) is 7.74. The molecule has 0 saturated carbocycles. The second-order valence-corrected chi connectivity index (χ2v) is 6.36. The number of halogens is 1. The van der Waals surface area contributed by atoms with Gasteiger partial charge in [0.05, 0.1) is 5.56 Å². The summed E-state index contributed by atoms with van der Waals surface area (Å²) in [5.74, 6) is 0.718. The van der Waals surface area contributed by atoms with E-state index in [1.54, 1.807) is 18.2 Å². The van der Waals surface area contributed by atoms with Gasteiger partial charge in [-0.1, -0.05) is 55.8 Å². The lowest BCUT2D eigenvalue weighted by Gasteiger charge is -2.19. The van der Waals surface area contributed by atoms with Gasteiger partial charge in [-0.3, -0.25) is 4.79 Å². The summed E-state index contributed by atoms with van der Waals surface area (Å²) in [5, 5.41) is 3.50. The summed E-state index contributed by atoms with van der Waals surface area (Å²) in [4.78, 5) is 12.5. The molecule has 1 amide bonds. The first-order chi connectivity index (χ1) is 11.0. The maximum Gasteiger partial charge on any atom is 0.255 e. The van der Waals surface area contributed by atoms with Crippen molar-refractivity contribution in [2.45, 2.75) is 33.4 Å². The smallest absolute Gasteiger partial charge is 0.255 e. The Kier molecular flexibility index (Phi) is 6.05. The van der Waals surface area contributed by atoms with E-state index in [-0.39, 0.29) is 11.9 Å². The van der Waals surface area contributed by atoms with Crippen LogP contribution in [-0.2, 0) is 6.61 Å². The van der Waals surface area contributed by atoms with Crippen molar-refractivity contribution in [1.82, 2.24) is 5.32 Å². The molecular weight excluding hydrogens is 310 g/mol. The average Bonchev–Trinajstić information content (AvgIpc) is 2.54. The van der Waals surface area contributed by atoms with Crippen LogP contribution in [0.15, 0.2) is 48.5 Å². The van der Waals surface area contributed by atoms with Gasteiger partial charge >= 0.3 is 0 Å². The van der Waals surface area contributed by atoms with Gasteiger partial charge in [-0.15, -0.1) is 0 Å². The van der Waals surface area contributed by atoms with E-state index in [9.17, 15) is 4.79 Å². The van der Waals surface area contributed by atoms with Crippen LogP contribution in [0.2, 0.25) is 5.02 Å². The van der Waals surface area contributed by atoms with E-state index in [4.69, 9.17) is 16.3 Å². The van der Waals surface area contributed by atoms with E-state index in [0.29, 0.717) is 28.9 Å². The number of nitrogens with one attached hydrogen (secondary N) is 1. The zero-order chi connectivity index (χ0) is 16.8. The Labute approximate surface area is 142 Å². The minimum Gasteiger partial charge on any atom is -0.488 e. The molecule has 1 atom stereocenters. The molecule has 0 aliphatic heterocycles. The molecule has 0 fully saturated rings. The Morgan fingerprint density at radius 3 is 2.48 bits per heavy atom. The fourth-order valence-corrected chi connectivity index (χ4v) is 2.16. The third-order valence-corrected chi connectivity index (χ3v) is 4.02. The normalized spacial score (nSPS) is 12.0. The second kappa shape index (κ2) is 8.02. The van der Waals surface area contributed by atoms with E-state index < -0.39 is 0 Å². The van der Waals surface area contributed by atoms with Crippen molar-refractivity contribution in [3.63, 3.8) is 0 Å². The van der Waals surface area contributed by atoms with Gasteiger partial charge in [-0.05, 0) is 36.6 Å². The predicted molar refractivity (Wildman–Crippen MR) is 94.0 cm³/mol. The molecule has 0 spiro atoms. The van der Waals surface area contributed by atoms with E-state index in [0.717, 1.165) is 5.56 Å². The summed E-state index contributed by atoms with van der Waals surface area (Å²) in [6.07, 6.45) is 0. The molecular formula is C19H22ClNO2. The standard InChI is InChI=1S/C19H22ClNO2/c1-13(2)14(3)21-19(22)17-11-16(20)9-10-18(17)23-12-15-7-5-4-6-8-15/h4-11,13-14H,12H2,1-3H3,(H,21,22)/t14-/m0/s1. The second-order valence-electron chi connectivity index (χ2n) is 5.92. The number of hydrogen-bond donors (Lipinski definition) is 1. The number of benzene rings is 2. The molecule has 0 radical (unpaired) electrons. The van der Waals surface area contributed by atoms with E-state index >= 15 is 0 Å². The highest BCUT2D eigenvalue weighted by Crippen LogP contribution is 2.24. The zero-order valence-corrected chi connectivity index (χ0v) is 14.4. The van der Waals surface area contributed by atoms with Gasteiger partial charge in [0.25, 0.3) is 5.91 Å². The molecule has 0 aliphatic rings. The van der Waals surface area contributed by atoms with Gasteiger partial charge in [0.15, 0.2) is 0 Å². The third kappa shape index (κ3) is 5.00. The molecule has 0 aliphatic carbocycles. The van der Waals surface area contributed by atoms with Gasteiger partial charge < -0.3 is 10.1 Å². The Morgan fingerprint density at radius 2 is 1.83 bits per heavy atom. The Bertz CT molecular complexity index is 656. The number of rotatable bonds is 6. The van der Waals surface area contributed by atoms with Crippen LogP contribution < -0.4 is 10.1 Å². The molecule has 1 N–H and O–H groups in total. The van der Waals surface area contributed by atoms with Crippen molar-refractivity contribution in [2.75, 3.05) is 0 Å². The molecule has 23 heavy (non-hydrogen) atoms. The lowest BCUT2D eigenvalue weighted by atomic mass is 10.1. The highest BCUT2D eigenvalue weighted by atomic mass is 35.5. The summed E-state index contributed by atoms with van der Waals surface area (Å²) in [6, 6.07) is 15.0. The first kappa shape index (κ1) is 17.4. The topological polar surface area (TPSA) is 38.3 Å². The molecule has 0 saturated heterocycles. The molecule has 3 nitrogen and oxygen atoms in total. The highest BCUT2D eigenvalue weighted by Gasteiger charge is 2.17. The molecule has 2 aromatic rings. The van der Waals surface area contributed by atoms with Crippen molar-refractivity contribution in [2.24, 2.45) is 5.92 Å². The molecule has 0 aromatic heterocycles. The minimum atomic E-state index is -0.170. The van der Waals surface area contributed by atoms with Crippen LogP contribution in [0.25, 0.3) is 0 Å². The van der Waals surface area contributed by atoms with Gasteiger partial charge in [-0.2, -0.15) is 0 Å². The van der Waals surface area contributed by atoms with Crippen LogP contribution >= 0.6 is 11.6 Å².